The molecule has 1 aromatic heterocycles. The lowest BCUT2D eigenvalue weighted by atomic mass is 9.91. The zero-order chi connectivity index (χ0) is 20.8. The van der Waals surface area contributed by atoms with Crippen LogP contribution in [0.5, 0.6) is 0 Å². The van der Waals surface area contributed by atoms with E-state index in [-0.39, 0.29) is 5.91 Å². The van der Waals surface area contributed by atoms with E-state index in [0.29, 0.717) is 18.5 Å². The number of aliphatic imine (C=N–C) groups is 1. The molecule has 1 fully saturated rings. The summed E-state index contributed by atoms with van der Waals surface area (Å²) in [4.78, 5) is 26.2. The van der Waals surface area contributed by atoms with E-state index in [1.54, 1.807) is 0 Å². The number of rotatable bonds is 7. The topological polar surface area (TPSA) is 84.9 Å². The van der Waals surface area contributed by atoms with Crippen LogP contribution < -0.4 is 16.0 Å². The Morgan fingerprint density at radius 1 is 1.40 bits per heavy atom. The number of guanidine groups is 1. The number of amides is 1. The number of nitrogens with one attached hydrogen (secondary N) is 3. The van der Waals surface area contributed by atoms with E-state index in [1.165, 1.54) is 17.7 Å². The molecule has 0 bridgehead atoms. The maximum Gasteiger partial charge on any atom is 0.222 e. The molecule has 3 aliphatic rings. The molecule has 2 unspecified atom stereocenters. The molecule has 1 saturated heterocycles. The zero-order valence-corrected chi connectivity index (χ0v) is 18.1. The standard InChI is InChI=1S/C22H35N7O/c1-28(19-7-2-5-17-6-3-9-24-21(17)19)15-18-16-29(14-13-23-18)20(30)8-4-10-25-22-26-11-12-27-22/h3,6,9,18-19,23H,2,4-5,7-8,10-16H2,1H3,(H2,25,26,27). The minimum Gasteiger partial charge on any atom is -0.356 e. The summed E-state index contributed by atoms with van der Waals surface area (Å²) in [5, 5.41) is 10.1. The number of carbonyl (C=O) groups is 1. The van der Waals surface area contributed by atoms with Crippen LogP contribution in [-0.2, 0) is 11.2 Å². The molecule has 2 atom stereocenters. The summed E-state index contributed by atoms with van der Waals surface area (Å²) < 4.78 is 0. The van der Waals surface area contributed by atoms with Gasteiger partial charge in [0.05, 0.1) is 18.3 Å². The molecule has 1 amide bonds. The van der Waals surface area contributed by atoms with Crippen LogP contribution in [0.3, 0.4) is 0 Å². The average molecular weight is 414 g/mol. The minimum atomic E-state index is 0.261. The highest BCUT2D eigenvalue weighted by molar-refractivity contribution is 5.81. The Morgan fingerprint density at radius 3 is 3.20 bits per heavy atom. The lowest BCUT2D eigenvalue weighted by Crippen LogP contribution is -2.56. The van der Waals surface area contributed by atoms with Gasteiger partial charge in [-0.2, -0.15) is 0 Å². The number of aryl methyl sites for hydroxylation is 1. The van der Waals surface area contributed by atoms with Gasteiger partial charge in [0.25, 0.3) is 0 Å². The first-order valence-electron chi connectivity index (χ1n) is 11.4. The van der Waals surface area contributed by atoms with Crippen molar-refractivity contribution in [2.45, 2.75) is 44.2 Å². The third-order valence-electron chi connectivity index (χ3n) is 6.35. The summed E-state index contributed by atoms with van der Waals surface area (Å²) >= 11 is 0. The molecular weight excluding hydrogens is 378 g/mol. The smallest absolute Gasteiger partial charge is 0.222 e. The van der Waals surface area contributed by atoms with Crippen LogP contribution in [-0.4, -0.2) is 85.6 Å². The summed E-state index contributed by atoms with van der Waals surface area (Å²) in [6, 6.07) is 4.94. The highest BCUT2D eigenvalue weighted by Crippen LogP contribution is 2.31. The summed E-state index contributed by atoms with van der Waals surface area (Å²) in [6.45, 7) is 5.89. The summed E-state index contributed by atoms with van der Waals surface area (Å²) in [6.07, 6.45) is 6.83. The minimum absolute atomic E-state index is 0.261. The number of hydrogen-bond donors (Lipinski definition) is 3. The van der Waals surface area contributed by atoms with Gasteiger partial charge in [0.15, 0.2) is 5.96 Å². The van der Waals surface area contributed by atoms with Crippen molar-refractivity contribution in [2.24, 2.45) is 4.99 Å². The molecule has 164 valence electrons. The molecule has 3 N–H and O–H groups in total. The first kappa shape index (κ1) is 21.1. The summed E-state index contributed by atoms with van der Waals surface area (Å²) in [7, 11) is 2.20. The molecule has 0 aromatic carbocycles. The van der Waals surface area contributed by atoms with Crippen molar-refractivity contribution in [3.05, 3.63) is 29.6 Å². The Hall–Kier alpha value is -2.19. The fraction of sp³-hybridized carbons (Fsp3) is 0.682. The van der Waals surface area contributed by atoms with Crippen LogP contribution in [0, 0.1) is 0 Å². The number of nitrogens with zero attached hydrogens (tertiary/aromatic N) is 4. The third-order valence-corrected chi connectivity index (χ3v) is 6.35. The second-order valence-electron chi connectivity index (χ2n) is 8.57. The van der Waals surface area contributed by atoms with Gasteiger partial charge in [-0.1, -0.05) is 6.07 Å². The predicted molar refractivity (Wildman–Crippen MR) is 118 cm³/mol. The quantitative estimate of drug-likeness (QED) is 0.565. The van der Waals surface area contributed by atoms with Gasteiger partial charge in [0.2, 0.25) is 5.91 Å². The van der Waals surface area contributed by atoms with Crippen LogP contribution in [0.1, 0.15) is 43.0 Å². The number of aromatic nitrogens is 1. The first-order valence-corrected chi connectivity index (χ1v) is 11.4. The third kappa shape index (κ3) is 5.29. The molecule has 1 aliphatic carbocycles. The number of pyridine rings is 1. The van der Waals surface area contributed by atoms with Gasteiger partial charge in [0.1, 0.15) is 0 Å². The molecular formula is C22H35N7O. The van der Waals surface area contributed by atoms with Crippen molar-refractivity contribution in [1.29, 1.82) is 0 Å². The van der Waals surface area contributed by atoms with Crippen molar-refractivity contribution in [1.82, 2.24) is 30.7 Å². The Labute approximate surface area is 179 Å². The van der Waals surface area contributed by atoms with Crippen molar-refractivity contribution in [3.63, 3.8) is 0 Å². The maximum atomic E-state index is 12.7. The molecule has 0 spiro atoms. The number of piperazine rings is 1. The largest absolute Gasteiger partial charge is 0.356 e. The highest BCUT2D eigenvalue weighted by atomic mass is 16.2. The van der Waals surface area contributed by atoms with Gasteiger partial charge in [0, 0.05) is 57.9 Å². The Bertz CT molecular complexity index is 753. The Morgan fingerprint density at radius 2 is 2.33 bits per heavy atom. The van der Waals surface area contributed by atoms with E-state index in [4.69, 9.17) is 0 Å². The van der Waals surface area contributed by atoms with Crippen LogP contribution >= 0.6 is 0 Å². The van der Waals surface area contributed by atoms with E-state index in [0.717, 1.165) is 71.0 Å². The predicted octanol–water partition coefficient (Wildman–Crippen LogP) is 0.520. The summed E-state index contributed by atoms with van der Waals surface area (Å²) in [5.41, 5.74) is 2.63. The van der Waals surface area contributed by atoms with Crippen molar-refractivity contribution in [2.75, 3.05) is 52.9 Å². The van der Waals surface area contributed by atoms with E-state index in [1.807, 2.05) is 17.2 Å². The van der Waals surface area contributed by atoms with E-state index >= 15 is 0 Å². The molecule has 1 aromatic rings. The SMILES string of the molecule is CN(CC1CN(C(=O)CCCNC2=NCCN2)CCN1)C1CCCc2cccnc21. The number of carbonyl (C=O) groups excluding carboxylic acids is 1. The molecule has 2 aliphatic heterocycles. The fourth-order valence-electron chi connectivity index (χ4n) is 4.78. The van der Waals surface area contributed by atoms with Crippen LogP contribution in [0.2, 0.25) is 0 Å². The van der Waals surface area contributed by atoms with Crippen molar-refractivity contribution in [3.8, 4) is 0 Å². The van der Waals surface area contributed by atoms with Crippen molar-refractivity contribution < 1.29 is 4.79 Å². The van der Waals surface area contributed by atoms with Crippen LogP contribution in [0.4, 0.5) is 0 Å². The second kappa shape index (κ2) is 10.2. The molecule has 3 heterocycles. The monoisotopic (exact) mass is 413 g/mol. The Kier molecular flexibility index (Phi) is 7.17. The van der Waals surface area contributed by atoms with Gasteiger partial charge in [-0.05, 0) is 44.4 Å². The number of fused-ring (bicyclic) bond motifs is 1. The molecule has 0 saturated carbocycles. The summed E-state index contributed by atoms with van der Waals surface area (Å²) in [5.74, 6) is 1.13. The van der Waals surface area contributed by atoms with E-state index in [9.17, 15) is 4.79 Å². The van der Waals surface area contributed by atoms with Crippen molar-refractivity contribution >= 4 is 11.9 Å². The molecule has 0 radical (unpaired) electrons. The van der Waals surface area contributed by atoms with E-state index in [2.05, 4.69) is 43.9 Å². The lowest BCUT2D eigenvalue weighted by Gasteiger charge is -2.39. The second-order valence-corrected chi connectivity index (χ2v) is 8.57. The van der Waals surface area contributed by atoms with Crippen LogP contribution in [0.25, 0.3) is 0 Å². The number of likely N-dealkylation sites (N-methyl/N-ethyl adjacent to an activating group) is 1. The van der Waals surface area contributed by atoms with E-state index < -0.39 is 0 Å². The average Bonchev–Trinajstić information content (AvgIpc) is 3.30. The zero-order valence-electron chi connectivity index (χ0n) is 18.1. The number of hydrogen-bond acceptors (Lipinski definition) is 7. The highest BCUT2D eigenvalue weighted by Gasteiger charge is 2.29. The normalized spacial score (nSPS) is 23.7. The van der Waals surface area contributed by atoms with Crippen LogP contribution in [0.15, 0.2) is 23.3 Å². The Balaban J connectivity index is 1.23. The molecule has 30 heavy (non-hydrogen) atoms. The maximum absolute atomic E-state index is 12.7. The fourth-order valence-corrected chi connectivity index (χ4v) is 4.78. The van der Waals surface area contributed by atoms with Gasteiger partial charge >= 0.3 is 0 Å². The molecule has 8 nitrogen and oxygen atoms in total. The van der Waals surface area contributed by atoms with Gasteiger partial charge < -0.3 is 20.9 Å². The van der Waals surface area contributed by atoms with Gasteiger partial charge in [-0.25, -0.2) is 0 Å². The molecule has 4 rings (SSSR count). The first-order chi connectivity index (χ1) is 14.7. The molecule has 8 heteroatoms. The van der Waals surface area contributed by atoms with Gasteiger partial charge in [-0.3, -0.25) is 19.7 Å². The lowest BCUT2D eigenvalue weighted by molar-refractivity contribution is -0.132. The van der Waals surface area contributed by atoms with Gasteiger partial charge in [-0.15, -0.1) is 0 Å².